The Balaban J connectivity index is 2.50. The summed E-state index contributed by atoms with van der Waals surface area (Å²) in [4.78, 5) is 2.13. The molecular weight excluding hydrogens is 204 g/mol. The zero-order chi connectivity index (χ0) is 11.8. The van der Waals surface area contributed by atoms with Crippen molar-refractivity contribution in [3.8, 4) is 6.07 Å². The van der Waals surface area contributed by atoms with Crippen molar-refractivity contribution in [2.75, 3.05) is 19.7 Å². The van der Waals surface area contributed by atoms with Crippen LogP contribution in [-0.2, 0) is 6.54 Å². The molecule has 88 valence electrons. The highest BCUT2D eigenvalue weighted by Crippen LogP contribution is 2.10. The number of aliphatic hydroxyl groups is 1. The van der Waals surface area contributed by atoms with E-state index in [1.54, 1.807) is 6.07 Å². The van der Waals surface area contributed by atoms with E-state index in [2.05, 4.69) is 11.8 Å². The van der Waals surface area contributed by atoms with Gasteiger partial charge in [-0.2, -0.15) is 5.26 Å². The van der Waals surface area contributed by atoms with Crippen LogP contribution in [0, 0.1) is 11.3 Å². The molecule has 1 N–H and O–H groups in total. The van der Waals surface area contributed by atoms with Gasteiger partial charge in [0.2, 0.25) is 5.76 Å². The molecule has 1 aromatic rings. The van der Waals surface area contributed by atoms with Gasteiger partial charge < -0.3 is 9.52 Å². The standard InChI is InChI=1S/C12H18N2O2/c1-2-3-6-14(7-8-15)10-12-5-4-11(9-13)16-12/h4-5,15H,2-3,6-8,10H2,1H3. The van der Waals surface area contributed by atoms with Crippen LogP contribution >= 0.6 is 0 Å². The number of unbranched alkanes of at least 4 members (excludes halogenated alkanes) is 1. The van der Waals surface area contributed by atoms with Crippen LogP contribution in [0.4, 0.5) is 0 Å². The Morgan fingerprint density at radius 2 is 2.25 bits per heavy atom. The van der Waals surface area contributed by atoms with Gasteiger partial charge in [-0.05, 0) is 25.1 Å². The molecule has 0 aliphatic carbocycles. The van der Waals surface area contributed by atoms with Gasteiger partial charge in [0.15, 0.2) is 0 Å². The van der Waals surface area contributed by atoms with E-state index in [9.17, 15) is 0 Å². The van der Waals surface area contributed by atoms with E-state index in [0.717, 1.165) is 25.1 Å². The number of aliphatic hydroxyl groups excluding tert-OH is 1. The lowest BCUT2D eigenvalue weighted by Crippen LogP contribution is -2.27. The average molecular weight is 222 g/mol. The molecule has 0 saturated carbocycles. The summed E-state index contributed by atoms with van der Waals surface area (Å²) in [6.07, 6.45) is 2.23. The number of hydrogen-bond donors (Lipinski definition) is 1. The Kier molecular flexibility index (Phi) is 5.62. The minimum absolute atomic E-state index is 0.148. The Bertz CT molecular complexity index is 341. The second-order valence-corrected chi connectivity index (χ2v) is 3.73. The van der Waals surface area contributed by atoms with E-state index in [-0.39, 0.29) is 6.61 Å². The normalized spacial score (nSPS) is 10.6. The van der Waals surface area contributed by atoms with E-state index in [4.69, 9.17) is 14.8 Å². The van der Waals surface area contributed by atoms with E-state index in [1.165, 1.54) is 0 Å². The summed E-state index contributed by atoms with van der Waals surface area (Å²) in [5, 5.41) is 17.6. The lowest BCUT2D eigenvalue weighted by molar-refractivity contribution is 0.179. The van der Waals surface area contributed by atoms with Gasteiger partial charge in [-0.3, -0.25) is 4.90 Å². The van der Waals surface area contributed by atoms with Gasteiger partial charge in [0.25, 0.3) is 0 Å². The van der Waals surface area contributed by atoms with Crippen molar-refractivity contribution in [2.24, 2.45) is 0 Å². The number of rotatable bonds is 7. The molecule has 0 saturated heterocycles. The van der Waals surface area contributed by atoms with Crippen LogP contribution in [0.15, 0.2) is 16.5 Å². The van der Waals surface area contributed by atoms with Crippen molar-refractivity contribution in [1.29, 1.82) is 5.26 Å². The summed E-state index contributed by atoms with van der Waals surface area (Å²) < 4.78 is 5.31. The van der Waals surface area contributed by atoms with Crippen LogP contribution in [0.3, 0.4) is 0 Å². The molecule has 1 heterocycles. The van der Waals surface area contributed by atoms with Gasteiger partial charge in [-0.1, -0.05) is 13.3 Å². The molecule has 0 amide bonds. The van der Waals surface area contributed by atoms with Crippen molar-refractivity contribution in [2.45, 2.75) is 26.3 Å². The Labute approximate surface area is 96.1 Å². The summed E-state index contributed by atoms with van der Waals surface area (Å²) in [5.41, 5.74) is 0. The molecule has 1 aromatic heterocycles. The van der Waals surface area contributed by atoms with Gasteiger partial charge >= 0.3 is 0 Å². The van der Waals surface area contributed by atoms with E-state index in [0.29, 0.717) is 18.8 Å². The lowest BCUT2D eigenvalue weighted by atomic mass is 10.3. The first-order chi connectivity index (χ1) is 7.80. The molecule has 0 aliphatic rings. The zero-order valence-electron chi connectivity index (χ0n) is 9.65. The van der Waals surface area contributed by atoms with Gasteiger partial charge in [0.05, 0.1) is 13.2 Å². The Hall–Kier alpha value is -1.31. The van der Waals surface area contributed by atoms with Crippen LogP contribution in [0.25, 0.3) is 0 Å². The predicted molar refractivity (Wildman–Crippen MR) is 60.7 cm³/mol. The molecule has 0 atom stereocenters. The van der Waals surface area contributed by atoms with Crippen molar-refractivity contribution in [3.05, 3.63) is 23.7 Å². The van der Waals surface area contributed by atoms with Crippen LogP contribution in [0.1, 0.15) is 31.3 Å². The fourth-order valence-electron chi connectivity index (χ4n) is 1.54. The molecule has 0 bridgehead atoms. The molecule has 0 spiro atoms. The molecular formula is C12H18N2O2. The fraction of sp³-hybridized carbons (Fsp3) is 0.583. The number of furan rings is 1. The molecule has 4 heteroatoms. The smallest absolute Gasteiger partial charge is 0.203 e. The molecule has 0 aliphatic heterocycles. The monoisotopic (exact) mass is 222 g/mol. The first-order valence-corrected chi connectivity index (χ1v) is 5.62. The number of hydrogen-bond acceptors (Lipinski definition) is 4. The first-order valence-electron chi connectivity index (χ1n) is 5.62. The third kappa shape index (κ3) is 4.05. The largest absolute Gasteiger partial charge is 0.449 e. The van der Waals surface area contributed by atoms with Crippen LogP contribution in [0.5, 0.6) is 0 Å². The zero-order valence-corrected chi connectivity index (χ0v) is 9.65. The van der Waals surface area contributed by atoms with E-state index >= 15 is 0 Å². The van der Waals surface area contributed by atoms with E-state index in [1.807, 2.05) is 12.1 Å². The minimum Gasteiger partial charge on any atom is -0.449 e. The maximum Gasteiger partial charge on any atom is 0.203 e. The van der Waals surface area contributed by atoms with Crippen molar-refractivity contribution in [3.63, 3.8) is 0 Å². The fourth-order valence-corrected chi connectivity index (χ4v) is 1.54. The highest BCUT2D eigenvalue weighted by atomic mass is 16.3. The molecule has 0 unspecified atom stereocenters. The summed E-state index contributed by atoms with van der Waals surface area (Å²) in [6, 6.07) is 5.45. The maximum absolute atomic E-state index is 8.94. The lowest BCUT2D eigenvalue weighted by Gasteiger charge is -2.19. The first kappa shape index (κ1) is 12.8. The summed E-state index contributed by atoms with van der Waals surface area (Å²) >= 11 is 0. The SMILES string of the molecule is CCCCN(CCO)Cc1ccc(C#N)o1. The molecule has 1 rings (SSSR count). The van der Waals surface area contributed by atoms with Crippen molar-refractivity contribution >= 4 is 0 Å². The predicted octanol–water partition coefficient (Wildman–Crippen LogP) is 1.75. The topological polar surface area (TPSA) is 60.4 Å². The van der Waals surface area contributed by atoms with Gasteiger partial charge in [-0.15, -0.1) is 0 Å². The van der Waals surface area contributed by atoms with Gasteiger partial charge in [-0.25, -0.2) is 0 Å². The maximum atomic E-state index is 8.94. The van der Waals surface area contributed by atoms with Gasteiger partial charge in [0.1, 0.15) is 11.8 Å². The highest BCUT2D eigenvalue weighted by Gasteiger charge is 2.08. The second-order valence-electron chi connectivity index (χ2n) is 3.73. The Morgan fingerprint density at radius 3 is 2.81 bits per heavy atom. The van der Waals surface area contributed by atoms with Crippen molar-refractivity contribution in [1.82, 2.24) is 4.90 Å². The van der Waals surface area contributed by atoms with Gasteiger partial charge in [0, 0.05) is 6.54 Å². The third-order valence-electron chi connectivity index (χ3n) is 2.40. The number of nitrogens with zero attached hydrogens (tertiary/aromatic N) is 2. The molecule has 0 radical (unpaired) electrons. The van der Waals surface area contributed by atoms with Crippen molar-refractivity contribution < 1.29 is 9.52 Å². The van der Waals surface area contributed by atoms with Crippen LogP contribution in [-0.4, -0.2) is 29.7 Å². The van der Waals surface area contributed by atoms with E-state index < -0.39 is 0 Å². The second kappa shape index (κ2) is 7.04. The third-order valence-corrected chi connectivity index (χ3v) is 2.40. The quantitative estimate of drug-likeness (QED) is 0.763. The summed E-state index contributed by atoms with van der Waals surface area (Å²) in [7, 11) is 0. The molecule has 4 nitrogen and oxygen atoms in total. The summed E-state index contributed by atoms with van der Waals surface area (Å²) in [5.74, 6) is 1.12. The van der Waals surface area contributed by atoms with Crippen LogP contribution < -0.4 is 0 Å². The summed E-state index contributed by atoms with van der Waals surface area (Å²) in [6.45, 7) is 4.53. The van der Waals surface area contributed by atoms with Crippen LogP contribution in [0.2, 0.25) is 0 Å². The molecule has 0 aromatic carbocycles. The highest BCUT2D eigenvalue weighted by molar-refractivity contribution is 5.18. The number of nitriles is 1. The minimum atomic E-state index is 0.148. The Morgan fingerprint density at radius 1 is 1.44 bits per heavy atom. The molecule has 16 heavy (non-hydrogen) atoms. The average Bonchev–Trinajstić information content (AvgIpc) is 2.74. The molecule has 0 fully saturated rings.